The van der Waals surface area contributed by atoms with E-state index in [1.54, 1.807) is 16.9 Å². The molecular weight excluding hydrogens is 340 g/mol. The zero-order valence-electron chi connectivity index (χ0n) is 14.8. The largest absolute Gasteiger partial charge is 0.350 e. The van der Waals surface area contributed by atoms with E-state index in [1.165, 1.54) is 0 Å². The van der Waals surface area contributed by atoms with E-state index in [0.717, 1.165) is 22.4 Å². The Bertz CT molecular complexity index is 1050. The van der Waals surface area contributed by atoms with Crippen LogP contribution in [0.1, 0.15) is 21.7 Å². The highest BCUT2D eigenvalue weighted by atomic mass is 16.5. The molecule has 0 fully saturated rings. The summed E-state index contributed by atoms with van der Waals surface area (Å²) in [6.45, 7) is 2.37. The third-order valence-electron chi connectivity index (χ3n) is 4.19. The number of carbonyl (C=O) groups excluding carboxylic acids is 1. The predicted octanol–water partition coefficient (Wildman–Crippen LogP) is 3.77. The van der Waals surface area contributed by atoms with Crippen molar-refractivity contribution < 1.29 is 9.32 Å². The number of hydrogen-bond acceptors (Lipinski definition) is 4. The molecule has 2 aromatic heterocycles. The second-order valence-electron chi connectivity index (χ2n) is 6.25. The number of carbonyl (C=O) groups is 1. The van der Waals surface area contributed by atoms with Gasteiger partial charge in [-0.05, 0) is 19.1 Å². The number of nitrogens with zero attached hydrogens (tertiary/aromatic N) is 3. The zero-order chi connectivity index (χ0) is 18.6. The molecule has 6 nitrogen and oxygen atoms in total. The highest BCUT2D eigenvalue weighted by molar-refractivity contribution is 5.92. The number of benzene rings is 2. The Balaban J connectivity index is 1.40. The topological polar surface area (TPSA) is 73.0 Å². The molecule has 134 valence electrons. The quantitative estimate of drug-likeness (QED) is 0.589. The van der Waals surface area contributed by atoms with Crippen LogP contribution in [0, 0.1) is 6.92 Å². The molecule has 2 heterocycles. The van der Waals surface area contributed by atoms with Gasteiger partial charge in [0.2, 0.25) is 5.76 Å². The average molecular weight is 358 g/mol. The van der Waals surface area contributed by atoms with Crippen LogP contribution in [0.15, 0.2) is 77.6 Å². The van der Waals surface area contributed by atoms with E-state index >= 15 is 0 Å². The Hall–Kier alpha value is -3.67. The SMILES string of the molecule is Cc1ccc(-c2cc(C(=O)NCc3cnn(-c4ccccc4)c3)on2)cc1. The van der Waals surface area contributed by atoms with Gasteiger partial charge in [-0.3, -0.25) is 4.79 Å². The van der Waals surface area contributed by atoms with Gasteiger partial charge in [-0.25, -0.2) is 4.68 Å². The van der Waals surface area contributed by atoms with Crippen molar-refractivity contribution in [2.45, 2.75) is 13.5 Å². The number of aryl methyl sites for hydroxylation is 1. The Morgan fingerprint density at radius 1 is 1.11 bits per heavy atom. The first-order valence-corrected chi connectivity index (χ1v) is 8.60. The highest BCUT2D eigenvalue weighted by Crippen LogP contribution is 2.19. The van der Waals surface area contributed by atoms with Crippen molar-refractivity contribution in [2.75, 3.05) is 0 Å². The van der Waals surface area contributed by atoms with Gasteiger partial charge in [0.15, 0.2) is 0 Å². The molecule has 0 saturated carbocycles. The summed E-state index contributed by atoms with van der Waals surface area (Å²) in [4.78, 5) is 12.3. The van der Waals surface area contributed by atoms with Crippen molar-refractivity contribution in [2.24, 2.45) is 0 Å². The van der Waals surface area contributed by atoms with E-state index in [0.29, 0.717) is 12.2 Å². The number of aromatic nitrogens is 3. The summed E-state index contributed by atoms with van der Waals surface area (Å²) in [6.07, 6.45) is 3.61. The third kappa shape index (κ3) is 3.79. The molecule has 0 aliphatic rings. The van der Waals surface area contributed by atoms with Gasteiger partial charge in [0, 0.05) is 29.9 Å². The van der Waals surface area contributed by atoms with Crippen molar-refractivity contribution in [1.82, 2.24) is 20.3 Å². The summed E-state index contributed by atoms with van der Waals surface area (Å²) >= 11 is 0. The molecule has 0 radical (unpaired) electrons. The first kappa shape index (κ1) is 16.8. The maximum atomic E-state index is 12.3. The lowest BCUT2D eigenvalue weighted by Crippen LogP contribution is -2.22. The van der Waals surface area contributed by atoms with Crippen LogP contribution in [-0.2, 0) is 6.54 Å². The van der Waals surface area contributed by atoms with E-state index in [9.17, 15) is 4.79 Å². The minimum Gasteiger partial charge on any atom is -0.350 e. The minimum atomic E-state index is -0.312. The summed E-state index contributed by atoms with van der Waals surface area (Å²) in [6, 6.07) is 19.3. The van der Waals surface area contributed by atoms with Crippen LogP contribution in [0.5, 0.6) is 0 Å². The second-order valence-corrected chi connectivity index (χ2v) is 6.25. The van der Waals surface area contributed by atoms with Crippen molar-refractivity contribution >= 4 is 5.91 Å². The minimum absolute atomic E-state index is 0.182. The van der Waals surface area contributed by atoms with E-state index in [1.807, 2.05) is 67.7 Å². The van der Waals surface area contributed by atoms with Gasteiger partial charge < -0.3 is 9.84 Å². The maximum Gasteiger partial charge on any atom is 0.290 e. The standard InChI is InChI=1S/C21H18N4O2/c1-15-7-9-17(10-8-15)19-11-20(27-24-19)21(26)22-12-16-13-23-25(14-16)18-5-3-2-4-6-18/h2-11,13-14H,12H2,1H3,(H,22,26). The summed E-state index contributed by atoms with van der Waals surface area (Å²) in [5, 5.41) is 11.1. The Labute approximate surface area is 156 Å². The van der Waals surface area contributed by atoms with Crippen LogP contribution in [0.3, 0.4) is 0 Å². The number of rotatable bonds is 5. The van der Waals surface area contributed by atoms with Crippen LogP contribution in [0.4, 0.5) is 0 Å². The van der Waals surface area contributed by atoms with E-state index in [-0.39, 0.29) is 11.7 Å². The average Bonchev–Trinajstić information content (AvgIpc) is 3.37. The highest BCUT2D eigenvalue weighted by Gasteiger charge is 2.14. The summed E-state index contributed by atoms with van der Waals surface area (Å²) in [5.41, 5.74) is 4.57. The molecule has 1 amide bonds. The van der Waals surface area contributed by atoms with Gasteiger partial charge >= 0.3 is 0 Å². The van der Waals surface area contributed by atoms with Crippen molar-refractivity contribution in [1.29, 1.82) is 0 Å². The molecule has 0 atom stereocenters. The number of nitrogens with one attached hydrogen (secondary N) is 1. The summed E-state index contributed by atoms with van der Waals surface area (Å²) < 4.78 is 6.96. The number of hydrogen-bond donors (Lipinski definition) is 1. The Morgan fingerprint density at radius 2 is 1.89 bits per heavy atom. The van der Waals surface area contributed by atoms with E-state index < -0.39 is 0 Å². The number of amides is 1. The Morgan fingerprint density at radius 3 is 2.67 bits per heavy atom. The molecule has 0 bridgehead atoms. The monoisotopic (exact) mass is 358 g/mol. The maximum absolute atomic E-state index is 12.3. The van der Waals surface area contributed by atoms with Crippen molar-refractivity contribution in [3.63, 3.8) is 0 Å². The molecular formula is C21H18N4O2. The summed E-state index contributed by atoms with van der Waals surface area (Å²) in [7, 11) is 0. The van der Waals surface area contributed by atoms with Crippen LogP contribution in [0.2, 0.25) is 0 Å². The number of para-hydroxylation sites is 1. The van der Waals surface area contributed by atoms with Crippen LogP contribution in [0.25, 0.3) is 16.9 Å². The lowest BCUT2D eigenvalue weighted by Gasteiger charge is -2.00. The lowest BCUT2D eigenvalue weighted by atomic mass is 10.1. The lowest BCUT2D eigenvalue weighted by molar-refractivity contribution is 0.0914. The smallest absolute Gasteiger partial charge is 0.290 e. The molecule has 4 aromatic rings. The van der Waals surface area contributed by atoms with Crippen LogP contribution < -0.4 is 5.32 Å². The first-order valence-electron chi connectivity index (χ1n) is 8.60. The summed E-state index contributed by atoms with van der Waals surface area (Å²) in [5.74, 6) is -0.130. The van der Waals surface area contributed by atoms with Gasteiger partial charge in [-0.1, -0.05) is 53.2 Å². The van der Waals surface area contributed by atoms with Gasteiger partial charge in [-0.2, -0.15) is 5.10 Å². The molecule has 0 aliphatic carbocycles. The molecule has 0 spiro atoms. The first-order chi connectivity index (χ1) is 13.2. The second kappa shape index (κ2) is 7.29. The molecule has 0 saturated heterocycles. The van der Waals surface area contributed by atoms with Gasteiger partial charge in [0.1, 0.15) is 5.69 Å². The molecule has 1 N–H and O–H groups in total. The molecule has 6 heteroatoms. The normalized spacial score (nSPS) is 10.7. The van der Waals surface area contributed by atoms with E-state index in [4.69, 9.17) is 4.52 Å². The fourth-order valence-corrected chi connectivity index (χ4v) is 2.69. The molecule has 4 rings (SSSR count). The fraction of sp³-hybridized carbons (Fsp3) is 0.0952. The van der Waals surface area contributed by atoms with Crippen LogP contribution in [-0.4, -0.2) is 20.8 Å². The fourth-order valence-electron chi connectivity index (χ4n) is 2.69. The molecule has 0 unspecified atom stereocenters. The zero-order valence-corrected chi connectivity index (χ0v) is 14.8. The van der Waals surface area contributed by atoms with Gasteiger partial charge in [0.05, 0.1) is 11.9 Å². The van der Waals surface area contributed by atoms with Crippen LogP contribution >= 0.6 is 0 Å². The van der Waals surface area contributed by atoms with E-state index in [2.05, 4.69) is 15.6 Å². The van der Waals surface area contributed by atoms with Crippen molar-refractivity contribution in [3.8, 4) is 16.9 Å². The molecule has 27 heavy (non-hydrogen) atoms. The van der Waals surface area contributed by atoms with Gasteiger partial charge in [0.25, 0.3) is 5.91 Å². The van der Waals surface area contributed by atoms with Crippen molar-refractivity contribution in [3.05, 3.63) is 89.9 Å². The predicted molar refractivity (Wildman–Crippen MR) is 101 cm³/mol. The molecule has 2 aromatic carbocycles. The Kier molecular flexibility index (Phi) is 4.53. The molecule has 0 aliphatic heterocycles. The van der Waals surface area contributed by atoms with Gasteiger partial charge in [-0.15, -0.1) is 0 Å². The third-order valence-corrected chi connectivity index (χ3v) is 4.19.